The number of rotatable bonds is 5. The van der Waals surface area contributed by atoms with Gasteiger partial charge < -0.3 is 9.64 Å². The van der Waals surface area contributed by atoms with Gasteiger partial charge in [0.25, 0.3) is 0 Å². The van der Waals surface area contributed by atoms with Gasteiger partial charge >= 0.3 is 0 Å². The molecular formula is C19H22N6O3S. The first kappa shape index (κ1) is 19.3. The molecule has 9 nitrogen and oxygen atoms in total. The highest BCUT2D eigenvalue weighted by Gasteiger charge is 2.29. The van der Waals surface area contributed by atoms with Crippen molar-refractivity contribution in [1.82, 2.24) is 24.1 Å². The Bertz CT molecular complexity index is 1090. The topological polar surface area (TPSA) is 93.5 Å². The summed E-state index contributed by atoms with van der Waals surface area (Å²) in [6, 6.07) is 8.61. The lowest BCUT2D eigenvalue weighted by Gasteiger charge is -2.34. The molecule has 1 fully saturated rings. The molecule has 29 heavy (non-hydrogen) atoms. The lowest BCUT2D eigenvalue weighted by atomic mass is 10.2. The van der Waals surface area contributed by atoms with Crippen molar-refractivity contribution < 1.29 is 13.2 Å². The number of piperazine rings is 1. The number of hydrogen-bond donors (Lipinski definition) is 0. The quantitative estimate of drug-likeness (QED) is 0.624. The molecule has 0 spiro atoms. The van der Waals surface area contributed by atoms with Crippen molar-refractivity contribution in [3.63, 3.8) is 0 Å². The number of benzene rings is 1. The van der Waals surface area contributed by atoms with E-state index in [4.69, 9.17) is 4.74 Å². The number of hydrogen-bond acceptors (Lipinski definition) is 7. The Balaban J connectivity index is 1.48. The van der Waals surface area contributed by atoms with Gasteiger partial charge in [0.1, 0.15) is 17.9 Å². The van der Waals surface area contributed by atoms with Gasteiger partial charge in [0.15, 0.2) is 5.82 Å². The fourth-order valence-corrected chi connectivity index (χ4v) is 4.87. The molecule has 0 unspecified atom stereocenters. The van der Waals surface area contributed by atoms with Crippen LogP contribution >= 0.6 is 0 Å². The average Bonchev–Trinajstić information content (AvgIpc) is 3.29. The highest BCUT2D eigenvalue weighted by atomic mass is 32.2. The molecule has 2 aromatic heterocycles. The van der Waals surface area contributed by atoms with E-state index in [9.17, 15) is 8.42 Å². The second-order valence-corrected chi connectivity index (χ2v) is 8.65. The van der Waals surface area contributed by atoms with Crippen LogP contribution < -0.4 is 9.64 Å². The second-order valence-electron chi connectivity index (χ2n) is 6.71. The first-order chi connectivity index (χ1) is 14.0. The molecule has 152 valence electrons. The number of ether oxygens (including phenoxy) is 1. The Labute approximate surface area is 169 Å². The van der Waals surface area contributed by atoms with E-state index in [2.05, 4.69) is 20.0 Å². The van der Waals surface area contributed by atoms with Crippen LogP contribution in [0.5, 0.6) is 5.75 Å². The first-order valence-electron chi connectivity index (χ1n) is 9.21. The van der Waals surface area contributed by atoms with Crippen LogP contribution in [0.4, 0.5) is 5.82 Å². The zero-order valence-electron chi connectivity index (χ0n) is 16.3. The van der Waals surface area contributed by atoms with Gasteiger partial charge in [-0.25, -0.2) is 23.1 Å². The molecule has 0 amide bonds. The third-order valence-corrected chi connectivity index (χ3v) is 6.84. The van der Waals surface area contributed by atoms with Gasteiger partial charge in [-0.1, -0.05) is 0 Å². The molecule has 3 heterocycles. The van der Waals surface area contributed by atoms with Crippen molar-refractivity contribution >= 4 is 15.8 Å². The summed E-state index contributed by atoms with van der Waals surface area (Å²) in [5, 5.41) is 4.18. The minimum atomic E-state index is -3.55. The predicted molar refractivity (Wildman–Crippen MR) is 108 cm³/mol. The van der Waals surface area contributed by atoms with Crippen molar-refractivity contribution in [1.29, 1.82) is 0 Å². The summed E-state index contributed by atoms with van der Waals surface area (Å²) in [6.45, 7) is 3.69. The monoisotopic (exact) mass is 414 g/mol. The third kappa shape index (κ3) is 3.81. The lowest BCUT2D eigenvalue weighted by molar-refractivity contribution is 0.383. The van der Waals surface area contributed by atoms with Gasteiger partial charge in [-0.2, -0.15) is 9.40 Å². The van der Waals surface area contributed by atoms with Crippen molar-refractivity contribution in [3.8, 4) is 11.6 Å². The molecule has 1 saturated heterocycles. The number of nitrogens with zero attached hydrogens (tertiary/aromatic N) is 6. The van der Waals surface area contributed by atoms with Crippen LogP contribution in [0.1, 0.15) is 5.56 Å². The Morgan fingerprint density at radius 1 is 1.03 bits per heavy atom. The first-order valence-corrected chi connectivity index (χ1v) is 10.6. The fraction of sp³-hybridized carbons (Fsp3) is 0.316. The molecule has 1 aromatic carbocycles. The molecule has 0 bridgehead atoms. The largest absolute Gasteiger partial charge is 0.496 e. The van der Waals surface area contributed by atoms with E-state index in [1.807, 2.05) is 25.3 Å². The summed E-state index contributed by atoms with van der Waals surface area (Å²) < 4.78 is 34.4. The molecule has 0 radical (unpaired) electrons. The van der Waals surface area contributed by atoms with E-state index in [1.54, 1.807) is 36.2 Å². The van der Waals surface area contributed by atoms with Gasteiger partial charge in [0.05, 0.1) is 12.0 Å². The number of sulfonamides is 1. The summed E-state index contributed by atoms with van der Waals surface area (Å²) in [5.41, 5.74) is 0.791. The molecule has 0 atom stereocenters. The van der Waals surface area contributed by atoms with Gasteiger partial charge in [-0.05, 0) is 36.8 Å². The van der Waals surface area contributed by atoms with E-state index >= 15 is 0 Å². The van der Waals surface area contributed by atoms with Crippen molar-refractivity contribution in [3.05, 3.63) is 54.6 Å². The zero-order valence-corrected chi connectivity index (χ0v) is 17.1. The normalized spacial score (nSPS) is 15.4. The van der Waals surface area contributed by atoms with E-state index in [0.29, 0.717) is 37.7 Å². The lowest BCUT2D eigenvalue weighted by Crippen LogP contribution is -2.49. The molecule has 1 aliphatic rings. The summed E-state index contributed by atoms with van der Waals surface area (Å²) in [6.07, 6.45) is 5.00. The number of methoxy groups -OCH3 is 1. The van der Waals surface area contributed by atoms with Crippen LogP contribution in [-0.4, -0.2) is 65.8 Å². The van der Waals surface area contributed by atoms with Crippen molar-refractivity contribution in [2.24, 2.45) is 0 Å². The average molecular weight is 414 g/mol. The molecular weight excluding hydrogens is 392 g/mol. The third-order valence-electron chi connectivity index (χ3n) is 4.94. The van der Waals surface area contributed by atoms with Crippen LogP contribution in [-0.2, 0) is 10.0 Å². The van der Waals surface area contributed by atoms with Gasteiger partial charge in [-0.15, -0.1) is 0 Å². The van der Waals surface area contributed by atoms with Crippen LogP contribution in [0.25, 0.3) is 5.82 Å². The molecule has 1 aliphatic heterocycles. The molecule has 4 rings (SSSR count). The smallest absolute Gasteiger partial charge is 0.243 e. The highest BCUT2D eigenvalue weighted by molar-refractivity contribution is 7.89. The Morgan fingerprint density at radius 2 is 1.79 bits per heavy atom. The maximum atomic E-state index is 13.0. The van der Waals surface area contributed by atoms with Gasteiger partial charge in [0.2, 0.25) is 10.0 Å². The number of aryl methyl sites for hydroxylation is 1. The predicted octanol–water partition coefficient (Wildman–Crippen LogP) is 1.49. The molecule has 0 saturated carbocycles. The summed E-state index contributed by atoms with van der Waals surface area (Å²) in [4.78, 5) is 10.9. The van der Waals surface area contributed by atoms with E-state index in [1.165, 1.54) is 10.6 Å². The number of aromatic nitrogens is 4. The molecule has 0 aliphatic carbocycles. The molecule has 3 aromatic rings. The zero-order chi connectivity index (χ0) is 20.4. The SMILES string of the molecule is COc1ccc(S(=O)(=O)N2CCN(c3cc(-n4cccn4)ncn3)CC2)cc1C. The second kappa shape index (κ2) is 7.80. The van der Waals surface area contributed by atoms with Crippen LogP contribution in [0.15, 0.2) is 53.9 Å². The minimum absolute atomic E-state index is 0.284. The van der Waals surface area contributed by atoms with E-state index < -0.39 is 10.0 Å². The maximum Gasteiger partial charge on any atom is 0.243 e. The Kier molecular flexibility index (Phi) is 5.20. The summed E-state index contributed by atoms with van der Waals surface area (Å²) >= 11 is 0. The summed E-state index contributed by atoms with van der Waals surface area (Å²) in [5.74, 6) is 2.09. The van der Waals surface area contributed by atoms with E-state index in [0.717, 1.165) is 11.4 Å². The number of anilines is 1. The van der Waals surface area contributed by atoms with Crippen LogP contribution in [0, 0.1) is 6.92 Å². The van der Waals surface area contributed by atoms with Crippen LogP contribution in [0.2, 0.25) is 0 Å². The van der Waals surface area contributed by atoms with Gasteiger partial charge in [0, 0.05) is 44.6 Å². The van der Waals surface area contributed by atoms with Crippen molar-refractivity contribution in [2.45, 2.75) is 11.8 Å². The molecule has 10 heteroatoms. The van der Waals surface area contributed by atoms with Crippen LogP contribution in [0.3, 0.4) is 0 Å². The summed E-state index contributed by atoms with van der Waals surface area (Å²) in [7, 11) is -1.98. The van der Waals surface area contributed by atoms with Gasteiger partial charge in [-0.3, -0.25) is 0 Å². The Hall–Kier alpha value is -2.98. The Morgan fingerprint density at radius 3 is 2.45 bits per heavy atom. The highest BCUT2D eigenvalue weighted by Crippen LogP contribution is 2.25. The fourth-order valence-electron chi connectivity index (χ4n) is 3.36. The van der Waals surface area contributed by atoms with E-state index in [-0.39, 0.29) is 4.90 Å². The molecule has 0 N–H and O–H groups in total. The standard InChI is InChI=1S/C19H22N6O3S/c1-15-12-16(4-5-17(15)28-2)29(26,27)24-10-8-23(9-11-24)18-13-19(21-14-20-18)25-7-3-6-22-25/h3-7,12-14H,8-11H2,1-2H3. The minimum Gasteiger partial charge on any atom is -0.496 e. The van der Waals surface area contributed by atoms with Crippen molar-refractivity contribution in [2.75, 3.05) is 38.2 Å². The maximum absolute atomic E-state index is 13.0.